The van der Waals surface area contributed by atoms with E-state index < -0.39 is 0 Å². The lowest BCUT2D eigenvalue weighted by Crippen LogP contribution is -2.31. The first-order chi connectivity index (χ1) is 8.65. The van der Waals surface area contributed by atoms with E-state index in [0.29, 0.717) is 25.8 Å². The molecule has 0 bridgehead atoms. The third-order valence-corrected chi connectivity index (χ3v) is 2.84. The summed E-state index contributed by atoms with van der Waals surface area (Å²) in [5.74, 6) is 0.182. The predicted molar refractivity (Wildman–Crippen MR) is 80.6 cm³/mol. The summed E-state index contributed by atoms with van der Waals surface area (Å²) >= 11 is 0. The van der Waals surface area contributed by atoms with E-state index in [0.717, 1.165) is 26.1 Å². The van der Waals surface area contributed by atoms with Gasteiger partial charge in [-0.15, -0.1) is 12.4 Å². The van der Waals surface area contributed by atoms with Gasteiger partial charge in [0.15, 0.2) is 0 Å². The minimum absolute atomic E-state index is 0. The molecule has 0 aliphatic rings. The number of carbonyl (C=O) groups is 2. The van der Waals surface area contributed by atoms with Crippen molar-refractivity contribution in [3.05, 3.63) is 0 Å². The molecule has 0 aliphatic heterocycles. The van der Waals surface area contributed by atoms with Crippen molar-refractivity contribution in [3.8, 4) is 0 Å². The van der Waals surface area contributed by atoms with Crippen LogP contribution in [0.1, 0.15) is 39.5 Å². The minimum atomic E-state index is 0. The van der Waals surface area contributed by atoms with E-state index in [2.05, 4.69) is 10.6 Å². The second-order valence-electron chi connectivity index (χ2n) is 4.23. The predicted octanol–water partition coefficient (Wildman–Crippen LogP) is 1.17. The van der Waals surface area contributed by atoms with E-state index in [-0.39, 0.29) is 24.2 Å². The zero-order chi connectivity index (χ0) is 13.8. The second kappa shape index (κ2) is 13.6. The summed E-state index contributed by atoms with van der Waals surface area (Å²) in [6.45, 7) is 7.02. The van der Waals surface area contributed by atoms with Gasteiger partial charge in [-0.3, -0.25) is 9.59 Å². The van der Waals surface area contributed by atoms with Gasteiger partial charge in [-0.1, -0.05) is 0 Å². The Labute approximate surface area is 122 Å². The van der Waals surface area contributed by atoms with Gasteiger partial charge in [0.25, 0.3) is 0 Å². The molecule has 0 spiro atoms. The Hall–Kier alpha value is -0.810. The van der Waals surface area contributed by atoms with Gasteiger partial charge in [0, 0.05) is 32.5 Å². The summed E-state index contributed by atoms with van der Waals surface area (Å²) in [6.07, 6.45) is 2.46. The zero-order valence-electron chi connectivity index (χ0n) is 12.3. The lowest BCUT2D eigenvalue weighted by atomic mass is 10.2. The molecule has 0 heterocycles. The van der Waals surface area contributed by atoms with Gasteiger partial charge in [0.1, 0.15) is 0 Å². The largest absolute Gasteiger partial charge is 0.356 e. The van der Waals surface area contributed by atoms with Gasteiger partial charge in [0.2, 0.25) is 11.8 Å². The van der Waals surface area contributed by atoms with Crippen molar-refractivity contribution < 1.29 is 9.59 Å². The Kier molecular flexibility index (Phi) is 14.7. The fourth-order valence-electron chi connectivity index (χ4n) is 1.72. The lowest BCUT2D eigenvalue weighted by Gasteiger charge is -2.18. The molecule has 0 fully saturated rings. The van der Waals surface area contributed by atoms with E-state index in [1.165, 1.54) is 0 Å². The molecule has 19 heavy (non-hydrogen) atoms. The first-order valence-electron chi connectivity index (χ1n) is 6.84. The Morgan fingerprint density at radius 2 is 1.63 bits per heavy atom. The number of hydrogen-bond donors (Lipinski definition) is 2. The van der Waals surface area contributed by atoms with Crippen molar-refractivity contribution in [2.75, 3.05) is 33.2 Å². The zero-order valence-corrected chi connectivity index (χ0v) is 13.1. The van der Waals surface area contributed by atoms with Crippen LogP contribution in [0, 0.1) is 0 Å². The molecule has 114 valence electrons. The number of rotatable bonds is 10. The van der Waals surface area contributed by atoms with E-state index in [9.17, 15) is 9.59 Å². The average molecular weight is 294 g/mol. The van der Waals surface area contributed by atoms with Crippen LogP contribution in [-0.2, 0) is 9.59 Å². The van der Waals surface area contributed by atoms with Crippen molar-refractivity contribution in [2.45, 2.75) is 39.5 Å². The van der Waals surface area contributed by atoms with Crippen LogP contribution in [0.2, 0.25) is 0 Å². The van der Waals surface area contributed by atoms with Gasteiger partial charge >= 0.3 is 0 Å². The van der Waals surface area contributed by atoms with Gasteiger partial charge < -0.3 is 15.5 Å². The maximum Gasteiger partial charge on any atom is 0.222 e. The molecule has 2 amide bonds. The molecule has 0 atom stereocenters. The van der Waals surface area contributed by atoms with E-state index in [1.54, 1.807) is 4.90 Å². The molecule has 0 aromatic carbocycles. The van der Waals surface area contributed by atoms with Gasteiger partial charge in [0.05, 0.1) is 0 Å². The fraction of sp³-hybridized carbons (Fsp3) is 0.846. The molecule has 0 saturated carbocycles. The summed E-state index contributed by atoms with van der Waals surface area (Å²) < 4.78 is 0. The van der Waals surface area contributed by atoms with Crippen molar-refractivity contribution in [1.29, 1.82) is 0 Å². The van der Waals surface area contributed by atoms with Crippen LogP contribution in [0.5, 0.6) is 0 Å². The molecule has 0 aliphatic carbocycles. The molecular formula is C13H28ClN3O2. The van der Waals surface area contributed by atoms with Crippen LogP contribution >= 0.6 is 12.4 Å². The Balaban J connectivity index is 0. The van der Waals surface area contributed by atoms with Crippen LogP contribution < -0.4 is 10.6 Å². The maximum absolute atomic E-state index is 11.7. The molecule has 0 saturated heterocycles. The number of halogens is 1. The van der Waals surface area contributed by atoms with Crippen LogP contribution in [0.3, 0.4) is 0 Å². The van der Waals surface area contributed by atoms with Crippen molar-refractivity contribution in [1.82, 2.24) is 15.5 Å². The van der Waals surface area contributed by atoms with Crippen LogP contribution in [0.4, 0.5) is 0 Å². The number of hydrogen-bond acceptors (Lipinski definition) is 3. The Morgan fingerprint density at radius 3 is 2.16 bits per heavy atom. The maximum atomic E-state index is 11.7. The van der Waals surface area contributed by atoms with Crippen LogP contribution in [0.15, 0.2) is 0 Å². The molecule has 2 N–H and O–H groups in total. The minimum Gasteiger partial charge on any atom is -0.356 e. The lowest BCUT2D eigenvalue weighted by molar-refractivity contribution is -0.131. The molecule has 0 aromatic heterocycles. The molecular weight excluding hydrogens is 266 g/mol. The van der Waals surface area contributed by atoms with Crippen molar-refractivity contribution >= 4 is 24.2 Å². The number of carbonyl (C=O) groups excluding carboxylic acids is 2. The number of nitrogens with zero attached hydrogens (tertiary/aromatic N) is 1. The van der Waals surface area contributed by atoms with E-state index in [1.807, 2.05) is 20.9 Å². The first kappa shape index (κ1) is 20.5. The number of amides is 2. The van der Waals surface area contributed by atoms with E-state index >= 15 is 0 Å². The molecule has 6 heteroatoms. The summed E-state index contributed by atoms with van der Waals surface area (Å²) in [5.41, 5.74) is 0. The van der Waals surface area contributed by atoms with Crippen molar-refractivity contribution in [2.24, 2.45) is 0 Å². The van der Waals surface area contributed by atoms with Gasteiger partial charge in [-0.05, 0) is 40.3 Å². The van der Waals surface area contributed by atoms with E-state index in [4.69, 9.17) is 0 Å². The highest BCUT2D eigenvalue weighted by atomic mass is 35.5. The smallest absolute Gasteiger partial charge is 0.222 e. The molecule has 0 radical (unpaired) electrons. The average Bonchev–Trinajstić information content (AvgIpc) is 2.36. The van der Waals surface area contributed by atoms with Crippen LogP contribution in [-0.4, -0.2) is 49.9 Å². The van der Waals surface area contributed by atoms with Gasteiger partial charge in [-0.25, -0.2) is 0 Å². The highest BCUT2D eigenvalue weighted by molar-refractivity contribution is 5.85. The fourth-order valence-corrected chi connectivity index (χ4v) is 1.72. The topological polar surface area (TPSA) is 61.4 Å². The third kappa shape index (κ3) is 10.8. The molecule has 0 aromatic rings. The van der Waals surface area contributed by atoms with Gasteiger partial charge in [-0.2, -0.15) is 0 Å². The molecule has 0 rings (SSSR count). The highest BCUT2D eigenvalue weighted by Crippen LogP contribution is 2.01. The third-order valence-electron chi connectivity index (χ3n) is 2.84. The number of nitrogens with one attached hydrogen (secondary N) is 2. The second-order valence-corrected chi connectivity index (χ2v) is 4.23. The molecule has 5 nitrogen and oxygen atoms in total. The summed E-state index contributed by atoms with van der Waals surface area (Å²) in [6, 6.07) is 0. The summed E-state index contributed by atoms with van der Waals surface area (Å²) in [4.78, 5) is 24.9. The Morgan fingerprint density at radius 1 is 1.00 bits per heavy atom. The monoisotopic (exact) mass is 293 g/mol. The Bertz CT molecular complexity index is 246. The quantitative estimate of drug-likeness (QED) is 0.595. The summed E-state index contributed by atoms with van der Waals surface area (Å²) in [7, 11) is 1.89. The SMILES string of the molecule is CCN(CC)C(=O)CCCC(=O)NCCCNC.Cl. The van der Waals surface area contributed by atoms with Crippen LogP contribution in [0.25, 0.3) is 0 Å². The standard InChI is InChI=1S/C13H27N3O2.ClH/c1-4-16(5-2)13(18)9-6-8-12(17)15-11-7-10-14-3;/h14H,4-11H2,1-3H3,(H,15,17);1H. The normalized spacial score (nSPS) is 9.63. The summed E-state index contributed by atoms with van der Waals surface area (Å²) in [5, 5.41) is 5.87. The first-order valence-corrected chi connectivity index (χ1v) is 6.84. The highest BCUT2D eigenvalue weighted by Gasteiger charge is 2.09. The molecule has 0 unspecified atom stereocenters. The van der Waals surface area contributed by atoms with Crippen molar-refractivity contribution in [3.63, 3.8) is 0 Å².